The molecule has 4 fully saturated rings. The number of nitrogens with zero attached hydrogens (tertiary/aromatic N) is 5. The Balaban J connectivity index is 0.719. The number of carbonyl (C=O) groups is 4. The number of H-pyrrole nitrogens is 1. The predicted molar refractivity (Wildman–Crippen MR) is 266 cm³/mol. The number of carbonyl (C=O) groups excluding carboxylic acids is 4. The van der Waals surface area contributed by atoms with Crippen molar-refractivity contribution < 1.29 is 23.9 Å². The molecule has 2 saturated carbocycles. The molecule has 5 atom stereocenters. The molecule has 1 aromatic carbocycles. The number of aromatic nitrogens is 2. The van der Waals surface area contributed by atoms with E-state index in [2.05, 4.69) is 73.9 Å². The van der Waals surface area contributed by atoms with Crippen LogP contribution in [0.25, 0.3) is 11.0 Å². The smallest absolute Gasteiger partial charge is 0.303 e. The molecular weight excluding hydrogens is 853 g/mol. The third-order valence-electron chi connectivity index (χ3n) is 17.4. The second-order valence-electron chi connectivity index (χ2n) is 21.5. The third-order valence-corrected chi connectivity index (χ3v) is 17.4. The standard InChI is InChI=1S/C56H74N6O6/c1-6-41-32-50-51(58-54(41)67)30-40(34-57-50)36-61-28-26-60(27-29-61)35-39-20-24-62(25-21-39)52(66)10-8-7-9-23-59(5)44-14-11-42(12-15-44)48-33-55(4)49(19-22-56(55,37(2)63)68-38(3)64)47-17-13-43-31-45(65)16-18-46(43)53(47)48/h11-12,14-15,30-32,34,39,47-49H,6-10,13,16-29,33,35-36H2,1-5H3,(H,58,67)/t47-,48+,49-,55-,56-/m0/s1. The summed E-state index contributed by atoms with van der Waals surface area (Å²) in [5.74, 6) is 1.30. The summed E-state index contributed by atoms with van der Waals surface area (Å²) >= 11 is 0. The maximum atomic E-state index is 13.6. The number of likely N-dealkylation sites (tertiary alicyclic amines) is 1. The highest BCUT2D eigenvalue weighted by atomic mass is 16.6. The minimum atomic E-state index is -1.12. The van der Waals surface area contributed by atoms with Gasteiger partial charge in [-0.05, 0) is 148 Å². The second kappa shape index (κ2) is 20.2. The minimum Gasteiger partial charge on any atom is -0.451 e. The highest BCUT2D eigenvalue weighted by Crippen LogP contribution is 2.68. The van der Waals surface area contributed by atoms with E-state index in [0.717, 1.165) is 151 Å². The van der Waals surface area contributed by atoms with Gasteiger partial charge in [0.1, 0.15) is 0 Å². The van der Waals surface area contributed by atoms with Crippen molar-refractivity contribution in [2.75, 3.05) is 64.3 Å². The first-order chi connectivity index (χ1) is 32.7. The van der Waals surface area contributed by atoms with Crippen molar-refractivity contribution in [2.45, 2.75) is 136 Å². The lowest BCUT2D eigenvalue weighted by Gasteiger charge is -2.55. The van der Waals surface area contributed by atoms with E-state index in [9.17, 15) is 24.0 Å². The molecule has 2 aromatic heterocycles. The van der Waals surface area contributed by atoms with E-state index in [1.807, 2.05) is 25.3 Å². The van der Waals surface area contributed by atoms with Crippen LogP contribution in [0.2, 0.25) is 0 Å². The summed E-state index contributed by atoms with van der Waals surface area (Å²) in [6, 6.07) is 12.9. The van der Waals surface area contributed by atoms with Crippen LogP contribution in [0.5, 0.6) is 0 Å². The molecule has 4 aliphatic carbocycles. The number of ether oxygens (including phenoxy) is 1. The van der Waals surface area contributed by atoms with Gasteiger partial charge in [0.15, 0.2) is 17.2 Å². The van der Waals surface area contributed by atoms with Crippen LogP contribution in [-0.2, 0) is 36.9 Å². The molecule has 9 rings (SSSR count). The number of aryl methyl sites for hydroxylation is 1. The number of rotatable bonds is 15. The van der Waals surface area contributed by atoms with Crippen molar-refractivity contribution in [1.29, 1.82) is 0 Å². The molecule has 12 nitrogen and oxygen atoms in total. The molecule has 68 heavy (non-hydrogen) atoms. The van der Waals surface area contributed by atoms with E-state index in [1.165, 1.54) is 29.2 Å². The van der Waals surface area contributed by atoms with Crippen LogP contribution in [0.1, 0.15) is 134 Å². The number of amides is 1. The topological polar surface area (TPSA) is 136 Å². The van der Waals surface area contributed by atoms with Crippen LogP contribution in [0.4, 0.5) is 5.69 Å². The van der Waals surface area contributed by atoms with E-state index < -0.39 is 17.0 Å². The quantitative estimate of drug-likeness (QED) is 0.117. The number of piperazine rings is 1. The SMILES string of the molecule is CCc1cc2ncc(CN3CCN(CC4CCN(C(=O)CCCCCN(C)c5ccc([C@H]6C[C@@]7(C)[C@@H](CC[C@]7(OC(C)=O)C(C)=O)[C@@H]7CCC8=CC(=O)CCC8=C76)cc5)CC4)CC3)cc2[nH]c1=O. The number of anilines is 1. The molecule has 1 amide bonds. The number of pyridine rings is 2. The molecule has 1 N–H and O–H groups in total. The van der Waals surface area contributed by atoms with Gasteiger partial charge in [-0.1, -0.05) is 38.0 Å². The fraction of sp³-hybridized carbons (Fsp3) is 0.607. The molecule has 4 heterocycles. The Bertz CT molecular complexity index is 2510. The van der Waals surface area contributed by atoms with Crippen molar-refractivity contribution in [3.63, 3.8) is 0 Å². The summed E-state index contributed by atoms with van der Waals surface area (Å²) in [5.41, 5.74) is 8.31. The van der Waals surface area contributed by atoms with Gasteiger partial charge in [-0.25, -0.2) is 0 Å². The Hall–Kier alpha value is -4.94. The Morgan fingerprint density at radius 2 is 1.65 bits per heavy atom. The third kappa shape index (κ3) is 9.65. The predicted octanol–water partition coefficient (Wildman–Crippen LogP) is 8.33. The number of fused-ring (bicyclic) bond motifs is 5. The molecular formula is C56H74N6O6. The minimum absolute atomic E-state index is 0.0225. The first kappa shape index (κ1) is 48.1. The van der Waals surface area contributed by atoms with Crippen LogP contribution in [0, 0.1) is 23.2 Å². The summed E-state index contributed by atoms with van der Waals surface area (Å²) in [4.78, 5) is 81.4. The Kier molecular flexibility index (Phi) is 14.3. The lowest BCUT2D eigenvalue weighted by Crippen LogP contribution is -2.57. The summed E-state index contributed by atoms with van der Waals surface area (Å²) in [6.07, 6.45) is 15.5. The summed E-state index contributed by atoms with van der Waals surface area (Å²) in [7, 11) is 2.14. The summed E-state index contributed by atoms with van der Waals surface area (Å²) < 4.78 is 6.12. The van der Waals surface area contributed by atoms with Gasteiger partial charge >= 0.3 is 5.97 Å². The number of aromatic amines is 1. The maximum Gasteiger partial charge on any atom is 0.303 e. The van der Waals surface area contributed by atoms with Gasteiger partial charge in [-0.15, -0.1) is 0 Å². The van der Waals surface area contributed by atoms with Gasteiger partial charge in [0.25, 0.3) is 5.56 Å². The zero-order chi connectivity index (χ0) is 47.7. The van der Waals surface area contributed by atoms with Gasteiger partial charge in [0.05, 0.1) is 11.0 Å². The number of Topliss-reactive ketones (excluding diaryl/α,β-unsaturated/α-hetero) is 1. The number of allylic oxidation sites excluding steroid dienone is 4. The normalized spacial score (nSPS) is 26.8. The number of unbranched alkanes of at least 4 members (excludes halogenated alkanes) is 2. The Morgan fingerprint density at radius 1 is 0.897 bits per heavy atom. The maximum absolute atomic E-state index is 13.6. The molecule has 364 valence electrons. The molecule has 6 aliphatic rings. The van der Waals surface area contributed by atoms with Crippen molar-refractivity contribution in [3.8, 4) is 0 Å². The molecule has 0 spiro atoms. The van der Waals surface area contributed by atoms with Gasteiger partial charge in [-0.2, -0.15) is 0 Å². The molecule has 0 bridgehead atoms. The zero-order valence-corrected chi connectivity index (χ0v) is 41.4. The molecule has 12 heteroatoms. The monoisotopic (exact) mass is 927 g/mol. The van der Waals surface area contributed by atoms with Crippen LogP contribution in [0.15, 0.2) is 70.2 Å². The zero-order valence-electron chi connectivity index (χ0n) is 41.4. The molecule has 2 aliphatic heterocycles. The first-order valence-electron chi connectivity index (χ1n) is 26.0. The van der Waals surface area contributed by atoms with Gasteiger partial charge in [-0.3, -0.25) is 33.9 Å². The first-order valence-corrected chi connectivity index (χ1v) is 26.0. The summed E-state index contributed by atoms with van der Waals surface area (Å²) in [6.45, 7) is 15.9. The number of hydrogen-bond acceptors (Lipinski definition) is 10. The highest BCUT2D eigenvalue weighted by Gasteiger charge is 2.67. The number of hydrogen-bond donors (Lipinski definition) is 1. The van der Waals surface area contributed by atoms with E-state index in [0.29, 0.717) is 37.5 Å². The molecule has 2 saturated heterocycles. The van der Waals surface area contributed by atoms with Crippen molar-refractivity contribution in [2.24, 2.45) is 23.2 Å². The number of esters is 1. The van der Waals surface area contributed by atoms with E-state index in [1.54, 1.807) is 6.92 Å². The summed E-state index contributed by atoms with van der Waals surface area (Å²) in [5, 5.41) is 0. The van der Waals surface area contributed by atoms with Crippen LogP contribution >= 0.6 is 0 Å². The van der Waals surface area contributed by atoms with Crippen LogP contribution in [0.3, 0.4) is 0 Å². The van der Waals surface area contributed by atoms with Crippen LogP contribution in [-0.4, -0.2) is 113 Å². The van der Waals surface area contributed by atoms with E-state index in [-0.39, 0.29) is 34.9 Å². The number of ketones is 2. The van der Waals surface area contributed by atoms with E-state index >= 15 is 0 Å². The molecule has 3 aromatic rings. The number of benzene rings is 1. The van der Waals surface area contributed by atoms with Gasteiger partial charge in [0, 0.05) is 114 Å². The average molecular weight is 927 g/mol. The molecule has 0 unspecified atom stereocenters. The van der Waals surface area contributed by atoms with E-state index in [4.69, 9.17) is 4.74 Å². The molecule has 0 radical (unpaired) electrons. The number of piperidine rings is 1. The van der Waals surface area contributed by atoms with Gasteiger partial charge in [0.2, 0.25) is 5.91 Å². The second-order valence-corrected chi connectivity index (χ2v) is 21.5. The Labute approximate surface area is 402 Å². The average Bonchev–Trinajstić information content (AvgIpc) is 3.63. The Morgan fingerprint density at radius 3 is 2.37 bits per heavy atom. The lowest BCUT2D eigenvalue weighted by molar-refractivity contribution is -0.182. The highest BCUT2D eigenvalue weighted by molar-refractivity contribution is 5.93. The lowest BCUT2D eigenvalue weighted by atomic mass is 9.50. The van der Waals surface area contributed by atoms with Crippen LogP contribution < -0.4 is 10.5 Å². The van der Waals surface area contributed by atoms with Crippen molar-refractivity contribution in [3.05, 3.63) is 92.4 Å². The van der Waals surface area contributed by atoms with Crippen molar-refractivity contribution >= 4 is 40.2 Å². The van der Waals surface area contributed by atoms with Gasteiger partial charge < -0.3 is 24.4 Å². The largest absolute Gasteiger partial charge is 0.451 e. The van der Waals surface area contributed by atoms with Crippen molar-refractivity contribution in [1.82, 2.24) is 24.7 Å². The fourth-order valence-electron chi connectivity index (χ4n) is 13.7. The number of nitrogens with one attached hydrogen (secondary N) is 1. The fourth-order valence-corrected chi connectivity index (χ4v) is 13.7.